The molecule has 1 amide bonds. The fourth-order valence-electron chi connectivity index (χ4n) is 3.82. The smallest absolute Gasteiger partial charge is 0.279 e. The number of amides is 1. The Balaban J connectivity index is 2.01. The zero-order valence-electron chi connectivity index (χ0n) is 20.9. The summed E-state index contributed by atoms with van der Waals surface area (Å²) < 4.78 is 41.3. The number of carbonyl (C=O) groups is 1. The number of aryl methyl sites for hydroxylation is 1. The lowest BCUT2D eigenvalue weighted by Crippen LogP contribution is -2.31. The molecule has 0 aliphatic rings. The summed E-state index contributed by atoms with van der Waals surface area (Å²) in [6, 6.07) is 9.66. The molecule has 0 bridgehead atoms. The van der Waals surface area contributed by atoms with Gasteiger partial charge in [0.05, 0.1) is 19.1 Å². The third kappa shape index (κ3) is 5.60. The van der Waals surface area contributed by atoms with Gasteiger partial charge in [0.25, 0.3) is 5.91 Å². The first kappa shape index (κ1) is 26.9. The van der Waals surface area contributed by atoms with E-state index < -0.39 is 15.9 Å². The van der Waals surface area contributed by atoms with Crippen molar-refractivity contribution >= 4 is 37.5 Å². The minimum atomic E-state index is -3.61. The summed E-state index contributed by atoms with van der Waals surface area (Å²) in [5, 5.41) is 0. The molecule has 0 aliphatic carbocycles. The molecule has 190 valence electrons. The molecule has 0 atom stereocenters. The number of unbranched alkanes of at least 4 members (excludes halogenated alkanes) is 1. The van der Waals surface area contributed by atoms with Crippen LogP contribution in [0.15, 0.2) is 46.3 Å². The Morgan fingerprint density at radius 1 is 1.00 bits per heavy atom. The Hall–Kier alpha value is -2.69. The summed E-state index contributed by atoms with van der Waals surface area (Å²) in [5.74, 6) is 0.918. The van der Waals surface area contributed by atoms with Crippen LogP contribution in [0.25, 0.3) is 10.2 Å². The molecule has 1 heterocycles. The van der Waals surface area contributed by atoms with Crippen LogP contribution in [0.3, 0.4) is 0 Å². The Kier molecular flexibility index (Phi) is 9.09. The maximum atomic E-state index is 13.1. The molecule has 0 saturated carbocycles. The van der Waals surface area contributed by atoms with Gasteiger partial charge >= 0.3 is 0 Å². The van der Waals surface area contributed by atoms with E-state index in [0.717, 1.165) is 29.5 Å². The second-order valence-corrected chi connectivity index (χ2v) is 10.9. The third-order valence-electron chi connectivity index (χ3n) is 5.69. The number of benzene rings is 2. The molecule has 0 aliphatic heterocycles. The molecule has 1 aromatic heterocycles. The Bertz CT molecular complexity index is 1340. The van der Waals surface area contributed by atoms with Gasteiger partial charge in [-0.15, -0.1) is 0 Å². The number of aromatic nitrogens is 1. The van der Waals surface area contributed by atoms with E-state index in [1.165, 1.54) is 39.9 Å². The predicted molar refractivity (Wildman–Crippen MR) is 139 cm³/mol. The lowest BCUT2D eigenvalue weighted by molar-refractivity contribution is 0.0997. The summed E-state index contributed by atoms with van der Waals surface area (Å²) >= 11 is 1.36. The number of ether oxygens (including phenoxy) is 2. The lowest BCUT2D eigenvalue weighted by atomic mass is 10.2. The summed E-state index contributed by atoms with van der Waals surface area (Å²) in [4.78, 5) is 18.1. The minimum absolute atomic E-state index is 0.171. The van der Waals surface area contributed by atoms with Crippen molar-refractivity contribution in [2.45, 2.75) is 51.5 Å². The van der Waals surface area contributed by atoms with Crippen LogP contribution in [-0.4, -0.2) is 50.5 Å². The number of carbonyl (C=O) groups excluding carboxylic acids is 1. The number of fused-ring (bicyclic) bond motifs is 1. The number of nitrogens with zero attached hydrogens (tertiary/aromatic N) is 3. The second kappa shape index (κ2) is 11.8. The van der Waals surface area contributed by atoms with Crippen LogP contribution in [-0.2, 0) is 16.6 Å². The van der Waals surface area contributed by atoms with Crippen molar-refractivity contribution in [1.29, 1.82) is 0 Å². The van der Waals surface area contributed by atoms with E-state index in [1.54, 1.807) is 14.2 Å². The average Bonchev–Trinajstić information content (AvgIpc) is 3.22. The summed E-state index contributed by atoms with van der Waals surface area (Å²) in [7, 11) is -0.402. The number of hydrogen-bond acceptors (Lipinski definition) is 6. The standard InChI is InChI=1S/C25H33N3O5S2/c1-6-9-17-27(8-3)35(30,31)19-12-10-18(11-13-19)24(29)26-25-28(16-7-2)22-20(32-4)14-15-21(33-5)23(22)34-25/h10-15H,6-9,16-17H2,1-5H3. The number of thiazole rings is 1. The first-order chi connectivity index (χ1) is 16.8. The van der Waals surface area contributed by atoms with Crippen LogP contribution < -0.4 is 14.3 Å². The van der Waals surface area contributed by atoms with Gasteiger partial charge in [-0.3, -0.25) is 4.79 Å². The third-order valence-corrected chi connectivity index (χ3v) is 8.77. The highest BCUT2D eigenvalue weighted by Crippen LogP contribution is 2.35. The van der Waals surface area contributed by atoms with Crippen LogP contribution in [0.4, 0.5) is 0 Å². The van der Waals surface area contributed by atoms with Gasteiger partial charge in [-0.25, -0.2) is 8.42 Å². The Morgan fingerprint density at radius 3 is 2.23 bits per heavy atom. The monoisotopic (exact) mass is 519 g/mol. The zero-order chi connectivity index (χ0) is 25.6. The molecule has 0 N–H and O–H groups in total. The molecule has 2 aromatic carbocycles. The lowest BCUT2D eigenvalue weighted by Gasteiger charge is -2.20. The average molecular weight is 520 g/mol. The quantitative estimate of drug-likeness (QED) is 0.367. The fourth-order valence-corrected chi connectivity index (χ4v) is 6.47. The highest BCUT2D eigenvalue weighted by Gasteiger charge is 2.23. The van der Waals surface area contributed by atoms with Crippen LogP contribution in [0.5, 0.6) is 11.5 Å². The maximum absolute atomic E-state index is 13.1. The zero-order valence-corrected chi connectivity index (χ0v) is 22.5. The normalized spacial score (nSPS) is 12.5. The molecule has 3 rings (SSSR count). The Morgan fingerprint density at radius 2 is 1.66 bits per heavy atom. The maximum Gasteiger partial charge on any atom is 0.279 e. The van der Waals surface area contributed by atoms with E-state index in [9.17, 15) is 13.2 Å². The summed E-state index contributed by atoms with van der Waals surface area (Å²) in [5.41, 5.74) is 1.15. The van der Waals surface area contributed by atoms with Crippen molar-refractivity contribution < 1.29 is 22.7 Å². The van der Waals surface area contributed by atoms with Gasteiger partial charge < -0.3 is 14.0 Å². The van der Waals surface area contributed by atoms with Gasteiger partial charge in [0.1, 0.15) is 21.7 Å². The van der Waals surface area contributed by atoms with Crippen molar-refractivity contribution in [3.05, 3.63) is 46.8 Å². The van der Waals surface area contributed by atoms with Gasteiger partial charge in [-0.1, -0.05) is 38.5 Å². The van der Waals surface area contributed by atoms with Crippen molar-refractivity contribution in [2.24, 2.45) is 4.99 Å². The molecule has 0 fully saturated rings. The first-order valence-corrected chi connectivity index (χ1v) is 14.0. The van der Waals surface area contributed by atoms with E-state index in [2.05, 4.69) is 4.99 Å². The van der Waals surface area contributed by atoms with Crippen LogP contribution in [0, 0.1) is 0 Å². The van der Waals surface area contributed by atoms with Gasteiger partial charge in [-0.05, 0) is 49.2 Å². The van der Waals surface area contributed by atoms with Crippen molar-refractivity contribution in [3.8, 4) is 11.5 Å². The van der Waals surface area contributed by atoms with Gasteiger partial charge in [0.15, 0.2) is 4.80 Å². The van der Waals surface area contributed by atoms with E-state index in [4.69, 9.17) is 9.47 Å². The molecule has 0 radical (unpaired) electrons. The number of hydrogen-bond donors (Lipinski definition) is 0. The summed E-state index contributed by atoms with van der Waals surface area (Å²) in [6.45, 7) is 7.42. The molecular formula is C25H33N3O5S2. The molecule has 0 spiro atoms. The van der Waals surface area contributed by atoms with E-state index in [0.29, 0.717) is 41.5 Å². The largest absolute Gasteiger partial charge is 0.495 e. The van der Waals surface area contributed by atoms with E-state index in [1.807, 2.05) is 37.5 Å². The molecule has 0 saturated heterocycles. The molecular weight excluding hydrogens is 486 g/mol. The first-order valence-electron chi connectivity index (χ1n) is 11.8. The molecule has 8 nitrogen and oxygen atoms in total. The minimum Gasteiger partial charge on any atom is -0.495 e. The molecule has 10 heteroatoms. The second-order valence-electron chi connectivity index (χ2n) is 7.98. The van der Waals surface area contributed by atoms with Gasteiger partial charge in [0.2, 0.25) is 10.0 Å². The highest BCUT2D eigenvalue weighted by atomic mass is 32.2. The van der Waals surface area contributed by atoms with Crippen molar-refractivity contribution in [3.63, 3.8) is 0 Å². The van der Waals surface area contributed by atoms with Crippen molar-refractivity contribution in [2.75, 3.05) is 27.3 Å². The number of sulfonamides is 1. The highest BCUT2D eigenvalue weighted by molar-refractivity contribution is 7.89. The molecule has 35 heavy (non-hydrogen) atoms. The number of methoxy groups -OCH3 is 2. The number of rotatable bonds is 11. The molecule has 0 unspecified atom stereocenters. The predicted octanol–water partition coefficient (Wildman–Crippen LogP) is 4.68. The van der Waals surface area contributed by atoms with E-state index >= 15 is 0 Å². The van der Waals surface area contributed by atoms with Crippen molar-refractivity contribution in [1.82, 2.24) is 8.87 Å². The SMILES string of the molecule is CCCCN(CC)S(=O)(=O)c1ccc(C(=O)N=c2sc3c(OC)ccc(OC)c3n2CCC)cc1. The summed E-state index contributed by atoms with van der Waals surface area (Å²) in [6.07, 6.45) is 2.55. The van der Waals surface area contributed by atoms with Crippen LogP contribution in [0.1, 0.15) is 50.4 Å². The fraction of sp³-hybridized carbons (Fsp3) is 0.440. The van der Waals surface area contributed by atoms with E-state index in [-0.39, 0.29) is 4.90 Å². The Labute approximate surface area is 210 Å². The molecule has 3 aromatic rings. The topological polar surface area (TPSA) is 90.2 Å². The van der Waals surface area contributed by atoms with Gasteiger partial charge in [-0.2, -0.15) is 9.30 Å². The van der Waals surface area contributed by atoms with Crippen LogP contribution in [0.2, 0.25) is 0 Å². The van der Waals surface area contributed by atoms with Crippen LogP contribution >= 0.6 is 11.3 Å². The van der Waals surface area contributed by atoms with Gasteiger partial charge in [0, 0.05) is 25.2 Å².